The van der Waals surface area contributed by atoms with Gasteiger partial charge in [-0.2, -0.15) is 5.26 Å². The Hall–Kier alpha value is -1.12. The number of nitrogens with zero attached hydrogens (tertiary/aromatic N) is 2. The zero-order chi connectivity index (χ0) is 11.4. The highest BCUT2D eigenvalue weighted by atomic mass is 16.5. The lowest BCUT2D eigenvalue weighted by atomic mass is 10.1. The van der Waals surface area contributed by atoms with Crippen molar-refractivity contribution in [3.05, 3.63) is 0 Å². The monoisotopic (exact) mass is 223 g/mol. The molecule has 0 radical (unpaired) electrons. The molecule has 1 amide bonds. The fourth-order valence-electron chi connectivity index (χ4n) is 2.24. The SMILES string of the molecule is N#CC1CNCCN1C(=O)CC1CCCO1. The van der Waals surface area contributed by atoms with Gasteiger partial charge < -0.3 is 15.0 Å². The number of piperazine rings is 1. The molecule has 0 aromatic rings. The minimum atomic E-state index is -0.317. The maximum absolute atomic E-state index is 12.0. The predicted molar refractivity (Wildman–Crippen MR) is 57.6 cm³/mol. The van der Waals surface area contributed by atoms with Gasteiger partial charge in [0, 0.05) is 26.2 Å². The van der Waals surface area contributed by atoms with E-state index in [4.69, 9.17) is 10.00 Å². The number of carbonyl (C=O) groups excluding carboxylic acids is 1. The highest BCUT2D eigenvalue weighted by molar-refractivity contribution is 5.77. The van der Waals surface area contributed by atoms with Gasteiger partial charge in [-0.3, -0.25) is 4.79 Å². The third kappa shape index (κ3) is 2.52. The third-order valence-corrected chi connectivity index (χ3v) is 3.14. The smallest absolute Gasteiger partial charge is 0.226 e. The number of nitriles is 1. The van der Waals surface area contributed by atoms with Crippen LogP contribution in [0.25, 0.3) is 0 Å². The summed E-state index contributed by atoms with van der Waals surface area (Å²) < 4.78 is 5.44. The van der Waals surface area contributed by atoms with Gasteiger partial charge in [0.2, 0.25) is 5.91 Å². The summed E-state index contributed by atoms with van der Waals surface area (Å²) in [6.45, 7) is 2.74. The first kappa shape index (κ1) is 11.4. The molecular formula is C11H17N3O2. The number of carbonyl (C=O) groups is 1. The first-order chi connectivity index (χ1) is 7.81. The van der Waals surface area contributed by atoms with Crippen molar-refractivity contribution < 1.29 is 9.53 Å². The van der Waals surface area contributed by atoms with Crippen LogP contribution in [0.2, 0.25) is 0 Å². The van der Waals surface area contributed by atoms with Gasteiger partial charge in [0.1, 0.15) is 6.04 Å². The maximum atomic E-state index is 12.0. The molecule has 2 unspecified atom stereocenters. The molecule has 2 aliphatic rings. The summed E-state index contributed by atoms with van der Waals surface area (Å²) >= 11 is 0. The van der Waals surface area contributed by atoms with Crippen molar-refractivity contribution in [2.24, 2.45) is 0 Å². The van der Waals surface area contributed by atoms with Crippen LogP contribution < -0.4 is 5.32 Å². The molecule has 2 rings (SSSR count). The standard InChI is InChI=1S/C11H17N3O2/c12-7-9-8-13-3-4-14(9)11(15)6-10-2-1-5-16-10/h9-10,13H,1-6,8H2. The minimum Gasteiger partial charge on any atom is -0.378 e. The normalized spacial score (nSPS) is 30.1. The van der Waals surface area contributed by atoms with Crippen LogP contribution in [-0.4, -0.2) is 49.2 Å². The van der Waals surface area contributed by atoms with Gasteiger partial charge in [-0.05, 0) is 12.8 Å². The van der Waals surface area contributed by atoms with E-state index in [0.717, 1.165) is 26.0 Å². The van der Waals surface area contributed by atoms with E-state index in [1.165, 1.54) is 0 Å². The molecule has 2 fully saturated rings. The summed E-state index contributed by atoms with van der Waals surface area (Å²) in [6, 6.07) is 1.84. The van der Waals surface area contributed by atoms with E-state index in [0.29, 0.717) is 19.5 Å². The Morgan fingerprint density at radius 3 is 3.19 bits per heavy atom. The van der Waals surface area contributed by atoms with Crippen molar-refractivity contribution in [2.45, 2.75) is 31.4 Å². The van der Waals surface area contributed by atoms with Crippen LogP contribution in [0.5, 0.6) is 0 Å². The molecule has 0 aliphatic carbocycles. The summed E-state index contributed by atoms with van der Waals surface area (Å²) in [5.41, 5.74) is 0. The van der Waals surface area contributed by atoms with Crippen LogP contribution in [-0.2, 0) is 9.53 Å². The molecule has 16 heavy (non-hydrogen) atoms. The number of nitrogens with one attached hydrogen (secondary N) is 1. The van der Waals surface area contributed by atoms with Gasteiger partial charge in [0.25, 0.3) is 0 Å². The van der Waals surface area contributed by atoms with Crippen molar-refractivity contribution in [2.75, 3.05) is 26.2 Å². The van der Waals surface area contributed by atoms with Gasteiger partial charge in [-0.25, -0.2) is 0 Å². The van der Waals surface area contributed by atoms with Crippen molar-refractivity contribution in [3.63, 3.8) is 0 Å². The van der Waals surface area contributed by atoms with Crippen molar-refractivity contribution >= 4 is 5.91 Å². The van der Waals surface area contributed by atoms with E-state index in [9.17, 15) is 4.79 Å². The molecule has 0 aromatic heterocycles. The molecule has 1 N–H and O–H groups in total. The topological polar surface area (TPSA) is 65.4 Å². The Labute approximate surface area is 95.4 Å². The lowest BCUT2D eigenvalue weighted by Crippen LogP contribution is -2.53. The minimum absolute atomic E-state index is 0.0555. The molecule has 88 valence electrons. The highest BCUT2D eigenvalue weighted by Gasteiger charge is 2.29. The molecule has 0 saturated carbocycles. The summed E-state index contributed by atoms with van der Waals surface area (Å²) in [5.74, 6) is 0.0555. The van der Waals surface area contributed by atoms with Gasteiger partial charge in [0.15, 0.2) is 0 Å². The Bertz CT molecular complexity index is 294. The Morgan fingerprint density at radius 2 is 2.50 bits per heavy atom. The van der Waals surface area contributed by atoms with E-state index in [2.05, 4.69) is 11.4 Å². The van der Waals surface area contributed by atoms with Gasteiger partial charge in [-0.15, -0.1) is 0 Å². The van der Waals surface area contributed by atoms with E-state index in [1.807, 2.05) is 0 Å². The van der Waals surface area contributed by atoms with Crippen molar-refractivity contribution in [1.82, 2.24) is 10.2 Å². The second kappa shape index (κ2) is 5.28. The zero-order valence-corrected chi connectivity index (χ0v) is 9.32. The number of ether oxygens (including phenoxy) is 1. The quantitative estimate of drug-likeness (QED) is 0.708. The number of hydrogen-bond acceptors (Lipinski definition) is 4. The predicted octanol–water partition coefficient (Wildman–Crippen LogP) is -0.121. The van der Waals surface area contributed by atoms with E-state index < -0.39 is 0 Å². The molecular weight excluding hydrogens is 206 g/mol. The molecule has 2 atom stereocenters. The lowest BCUT2D eigenvalue weighted by molar-refractivity contribution is -0.135. The van der Waals surface area contributed by atoms with E-state index >= 15 is 0 Å². The first-order valence-corrected chi connectivity index (χ1v) is 5.82. The van der Waals surface area contributed by atoms with Crippen LogP contribution in [0.3, 0.4) is 0 Å². The van der Waals surface area contributed by atoms with Gasteiger partial charge in [0.05, 0.1) is 18.6 Å². The van der Waals surface area contributed by atoms with E-state index in [-0.39, 0.29) is 18.1 Å². The van der Waals surface area contributed by atoms with Crippen LogP contribution in [0.4, 0.5) is 0 Å². The Balaban J connectivity index is 1.89. The molecule has 2 aliphatic heterocycles. The van der Waals surface area contributed by atoms with Crippen LogP contribution in [0.15, 0.2) is 0 Å². The molecule has 0 aromatic carbocycles. The van der Waals surface area contributed by atoms with Crippen LogP contribution in [0, 0.1) is 11.3 Å². The zero-order valence-electron chi connectivity index (χ0n) is 9.32. The average Bonchev–Trinajstić information content (AvgIpc) is 2.81. The second-order valence-corrected chi connectivity index (χ2v) is 4.28. The second-order valence-electron chi connectivity index (χ2n) is 4.28. The number of hydrogen-bond donors (Lipinski definition) is 1. The Morgan fingerprint density at radius 1 is 1.62 bits per heavy atom. The Kier molecular flexibility index (Phi) is 3.75. The third-order valence-electron chi connectivity index (χ3n) is 3.14. The molecule has 5 nitrogen and oxygen atoms in total. The average molecular weight is 223 g/mol. The van der Waals surface area contributed by atoms with Crippen molar-refractivity contribution in [3.8, 4) is 6.07 Å². The van der Waals surface area contributed by atoms with Gasteiger partial charge >= 0.3 is 0 Å². The first-order valence-electron chi connectivity index (χ1n) is 5.82. The highest BCUT2D eigenvalue weighted by Crippen LogP contribution is 2.17. The molecule has 5 heteroatoms. The summed E-state index contributed by atoms with van der Waals surface area (Å²) in [4.78, 5) is 13.7. The summed E-state index contributed by atoms with van der Waals surface area (Å²) in [6.07, 6.45) is 2.51. The summed E-state index contributed by atoms with van der Waals surface area (Å²) in [7, 11) is 0. The maximum Gasteiger partial charge on any atom is 0.226 e. The largest absolute Gasteiger partial charge is 0.378 e. The van der Waals surface area contributed by atoms with Crippen LogP contribution in [0.1, 0.15) is 19.3 Å². The van der Waals surface area contributed by atoms with Crippen LogP contribution >= 0.6 is 0 Å². The lowest BCUT2D eigenvalue weighted by Gasteiger charge is -2.32. The molecule has 2 saturated heterocycles. The fourth-order valence-corrected chi connectivity index (χ4v) is 2.24. The van der Waals surface area contributed by atoms with E-state index in [1.54, 1.807) is 4.90 Å². The van der Waals surface area contributed by atoms with Crippen molar-refractivity contribution in [1.29, 1.82) is 5.26 Å². The molecule has 2 heterocycles. The summed E-state index contributed by atoms with van der Waals surface area (Å²) in [5, 5.41) is 12.1. The van der Waals surface area contributed by atoms with Gasteiger partial charge in [-0.1, -0.05) is 0 Å². The number of rotatable bonds is 2. The molecule has 0 bridgehead atoms. The molecule has 0 spiro atoms. The fraction of sp³-hybridized carbons (Fsp3) is 0.818. The number of amides is 1.